The Labute approximate surface area is 86.5 Å². The molecule has 2 N–H and O–H groups in total. The van der Waals surface area contributed by atoms with Gasteiger partial charge in [0.2, 0.25) is 5.91 Å². The Morgan fingerprint density at radius 1 is 1.40 bits per heavy atom. The second-order valence-electron chi connectivity index (χ2n) is 2.95. The number of anilines is 1. The van der Waals surface area contributed by atoms with Gasteiger partial charge in [-0.3, -0.25) is 4.79 Å². The van der Waals surface area contributed by atoms with Crippen LogP contribution in [0.1, 0.15) is 6.92 Å². The van der Waals surface area contributed by atoms with Gasteiger partial charge in [-0.2, -0.15) is 0 Å². The lowest BCUT2D eigenvalue weighted by Gasteiger charge is -2.06. The molecule has 1 rings (SSSR count). The van der Waals surface area contributed by atoms with E-state index in [1.54, 1.807) is 0 Å². The quantitative estimate of drug-likeness (QED) is 0.797. The molecule has 0 saturated carbocycles. The molecular weight excluding hydrogens is 202 g/mol. The summed E-state index contributed by atoms with van der Waals surface area (Å²) in [5.41, 5.74) is -0.141. The number of carbonyl (C=O) groups excluding carboxylic acids is 1. The molecule has 0 saturated heterocycles. The third-order valence-electron chi connectivity index (χ3n) is 1.74. The highest BCUT2D eigenvalue weighted by Crippen LogP contribution is 2.14. The van der Waals surface area contributed by atoms with E-state index in [9.17, 15) is 13.6 Å². The largest absolute Gasteiger partial charge is 0.322 e. The minimum Gasteiger partial charge on any atom is -0.322 e. The monoisotopic (exact) mass is 214 g/mol. The van der Waals surface area contributed by atoms with Gasteiger partial charge in [-0.05, 0) is 18.7 Å². The van der Waals surface area contributed by atoms with Gasteiger partial charge in [0.1, 0.15) is 11.6 Å². The van der Waals surface area contributed by atoms with Crippen molar-refractivity contribution in [2.75, 3.05) is 18.4 Å². The highest BCUT2D eigenvalue weighted by molar-refractivity contribution is 5.92. The molecule has 1 amide bonds. The SMILES string of the molecule is CCNCC(=O)Nc1cc(F)ccc1F. The summed E-state index contributed by atoms with van der Waals surface area (Å²) in [6.45, 7) is 2.56. The van der Waals surface area contributed by atoms with Crippen molar-refractivity contribution < 1.29 is 13.6 Å². The Hall–Kier alpha value is -1.49. The molecule has 82 valence electrons. The second kappa shape index (κ2) is 5.41. The first-order valence-corrected chi connectivity index (χ1v) is 4.59. The summed E-state index contributed by atoms with van der Waals surface area (Å²) in [5.74, 6) is -1.64. The lowest BCUT2D eigenvalue weighted by molar-refractivity contribution is -0.115. The summed E-state index contributed by atoms with van der Waals surface area (Å²) in [7, 11) is 0. The second-order valence-corrected chi connectivity index (χ2v) is 2.95. The van der Waals surface area contributed by atoms with Gasteiger partial charge in [-0.25, -0.2) is 8.78 Å². The van der Waals surface area contributed by atoms with Crippen molar-refractivity contribution in [3.8, 4) is 0 Å². The van der Waals surface area contributed by atoms with Crippen molar-refractivity contribution in [1.82, 2.24) is 5.32 Å². The average Bonchev–Trinajstić information content (AvgIpc) is 2.20. The molecule has 1 aromatic carbocycles. The topological polar surface area (TPSA) is 41.1 Å². The van der Waals surface area contributed by atoms with E-state index in [1.807, 2.05) is 6.92 Å². The van der Waals surface area contributed by atoms with E-state index < -0.39 is 17.5 Å². The summed E-state index contributed by atoms with van der Waals surface area (Å²) in [5, 5.41) is 5.04. The van der Waals surface area contributed by atoms with Crippen LogP contribution in [0.4, 0.5) is 14.5 Å². The van der Waals surface area contributed by atoms with Gasteiger partial charge in [0.25, 0.3) is 0 Å². The molecule has 3 nitrogen and oxygen atoms in total. The molecule has 0 aliphatic carbocycles. The number of halogens is 2. The van der Waals surface area contributed by atoms with Crippen molar-refractivity contribution in [3.05, 3.63) is 29.8 Å². The molecule has 0 aliphatic rings. The maximum Gasteiger partial charge on any atom is 0.238 e. The third kappa shape index (κ3) is 3.63. The molecular formula is C10H12F2N2O. The van der Waals surface area contributed by atoms with Gasteiger partial charge in [0.05, 0.1) is 12.2 Å². The molecule has 0 aromatic heterocycles. The van der Waals surface area contributed by atoms with Crippen LogP contribution >= 0.6 is 0 Å². The van der Waals surface area contributed by atoms with Crippen molar-refractivity contribution >= 4 is 11.6 Å². The molecule has 1 aromatic rings. The Morgan fingerprint density at radius 3 is 2.80 bits per heavy atom. The maximum absolute atomic E-state index is 13.1. The number of hydrogen-bond donors (Lipinski definition) is 2. The predicted molar refractivity (Wildman–Crippen MR) is 53.5 cm³/mol. The molecule has 0 spiro atoms. The van der Waals surface area contributed by atoms with Gasteiger partial charge in [-0.15, -0.1) is 0 Å². The van der Waals surface area contributed by atoms with Crippen molar-refractivity contribution in [3.63, 3.8) is 0 Å². The molecule has 0 radical (unpaired) electrons. The van der Waals surface area contributed by atoms with Crippen LogP contribution in [0.3, 0.4) is 0 Å². The molecule has 0 fully saturated rings. The van der Waals surface area contributed by atoms with E-state index in [0.717, 1.165) is 18.2 Å². The molecule has 0 unspecified atom stereocenters. The summed E-state index contributed by atoms with van der Waals surface area (Å²) >= 11 is 0. The number of benzene rings is 1. The van der Waals surface area contributed by atoms with E-state index in [4.69, 9.17) is 0 Å². The smallest absolute Gasteiger partial charge is 0.238 e. The predicted octanol–water partition coefficient (Wildman–Crippen LogP) is 1.51. The number of hydrogen-bond acceptors (Lipinski definition) is 2. The summed E-state index contributed by atoms with van der Waals surface area (Å²) < 4.78 is 25.8. The molecule has 5 heteroatoms. The number of rotatable bonds is 4. The lowest BCUT2D eigenvalue weighted by atomic mass is 10.3. The van der Waals surface area contributed by atoms with Crippen LogP contribution in [0.15, 0.2) is 18.2 Å². The van der Waals surface area contributed by atoms with Crippen LogP contribution in [0.25, 0.3) is 0 Å². The van der Waals surface area contributed by atoms with Crippen LogP contribution < -0.4 is 10.6 Å². The molecule has 15 heavy (non-hydrogen) atoms. The number of carbonyl (C=O) groups is 1. The highest BCUT2D eigenvalue weighted by Gasteiger charge is 2.07. The van der Waals surface area contributed by atoms with E-state index in [-0.39, 0.29) is 12.2 Å². The van der Waals surface area contributed by atoms with Crippen LogP contribution in [0.2, 0.25) is 0 Å². The van der Waals surface area contributed by atoms with Crippen LogP contribution in [0.5, 0.6) is 0 Å². The van der Waals surface area contributed by atoms with E-state index in [1.165, 1.54) is 0 Å². The summed E-state index contributed by atoms with van der Waals surface area (Å²) in [6.07, 6.45) is 0. The third-order valence-corrected chi connectivity index (χ3v) is 1.74. The van der Waals surface area contributed by atoms with Crippen molar-refractivity contribution in [2.24, 2.45) is 0 Å². The summed E-state index contributed by atoms with van der Waals surface area (Å²) in [6, 6.07) is 2.91. The normalized spacial score (nSPS) is 10.1. The maximum atomic E-state index is 13.1. The minimum atomic E-state index is -0.652. The number of amides is 1. The van der Waals surface area contributed by atoms with E-state index >= 15 is 0 Å². The van der Waals surface area contributed by atoms with Crippen molar-refractivity contribution in [2.45, 2.75) is 6.92 Å². The highest BCUT2D eigenvalue weighted by atomic mass is 19.1. The van der Waals surface area contributed by atoms with Crippen LogP contribution in [0, 0.1) is 11.6 Å². The molecule has 0 atom stereocenters. The number of nitrogens with one attached hydrogen (secondary N) is 2. The fourth-order valence-corrected chi connectivity index (χ4v) is 1.03. The Kier molecular flexibility index (Phi) is 4.17. The summed E-state index contributed by atoms with van der Waals surface area (Å²) in [4.78, 5) is 11.2. The zero-order valence-electron chi connectivity index (χ0n) is 8.31. The van der Waals surface area contributed by atoms with Gasteiger partial charge >= 0.3 is 0 Å². The number of likely N-dealkylation sites (N-methyl/N-ethyl adjacent to an activating group) is 1. The van der Waals surface area contributed by atoms with Gasteiger partial charge in [0, 0.05) is 6.07 Å². The van der Waals surface area contributed by atoms with Crippen molar-refractivity contribution in [1.29, 1.82) is 0 Å². The van der Waals surface area contributed by atoms with Crippen LogP contribution in [-0.4, -0.2) is 19.0 Å². The van der Waals surface area contributed by atoms with E-state index in [2.05, 4.69) is 10.6 Å². The van der Waals surface area contributed by atoms with E-state index in [0.29, 0.717) is 6.54 Å². The minimum absolute atomic E-state index is 0.0758. The Balaban J connectivity index is 2.63. The zero-order chi connectivity index (χ0) is 11.3. The first kappa shape index (κ1) is 11.6. The Morgan fingerprint density at radius 2 is 2.13 bits per heavy atom. The first-order chi connectivity index (χ1) is 7.13. The first-order valence-electron chi connectivity index (χ1n) is 4.59. The fraction of sp³-hybridized carbons (Fsp3) is 0.300. The average molecular weight is 214 g/mol. The fourth-order valence-electron chi connectivity index (χ4n) is 1.03. The molecule has 0 heterocycles. The lowest BCUT2D eigenvalue weighted by Crippen LogP contribution is -2.28. The van der Waals surface area contributed by atoms with Gasteiger partial charge in [0.15, 0.2) is 0 Å². The Bertz CT molecular complexity index is 355. The van der Waals surface area contributed by atoms with Gasteiger partial charge in [-0.1, -0.05) is 6.92 Å². The zero-order valence-corrected chi connectivity index (χ0v) is 8.31. The molecule has 0 aliphatic heterocycles. The molecule has 0 bridgehead atoms. The van der Waals surface area contributed by atoms with Gasteiger partial charge < -0.3 is 10.6 Å². The standard InChI is InChI=1S/C10H12F2N2O/c1-2-13-6-10(15)14-9-5-7(11)3-4-8(9)12/h3-5,13H,2,6H2,1H3,(H,14,15). The van der Waals surface area contributed by atoms with Crippen LogP contribution in [-0.2, 0) is 4.79 Å².